The molecule has 1 fully saturated rings. The van der Waals surface area contributed by atoms with Crippen LogP contribution >= 0.6 is 0 Å². The van der Waals surface area contributed by atoms with Crippen molar-refractivity contribution in [3.63, 3.8) is 0 Å². The molecule has 5 nitrogen and oxygen atoms in total. The van der Waals surface area contributed by atoms with Gasteiger partial charge in [0.15, 0.2) is 18.1 Å². The Hall–Kier alpha value is -2.30. The number of hydrogen-bond donors (Lipinski definition) is 1. The number of nitrogens with zero attached hydrogens (tertiary/aromatic N) is 3. The summed E-state index contributed by atoms with van der Waals surface area (Å²) in [6, 6.07) is 10.5. The monoisotopic (exact) mass is 270 g/mol. The normalized spacial score (nSPS) is 15.3. The Morgan fingerprint density at radius 1 is 1.40 bits per heavy atom. The first kappa shape index (κ1) is 12.7. The number of aliphatic imine (C=N–C) groups is 1. The van der Waals surface area contributed by atoms with Crippen molar-refractivity contribution in [2.45, 2.75) is 25.4 Å². The van der Waals surface area contributed by atoms with E-state index in [-0.39, 0.29) is 0 Å². The van der Waals surface area contributed by atoms with E-state index in [4.69, 9.17) is 10.2 Å². The number of benzene rings is 1. The minimum atomic E-state index is 0.434. The highest BCUT2D eigenvalue weighted by Crippen LogP contribution is 2.26. The van der Waals surface area contributed by atoms with Gasteiger partial charge in [0.25, 0.3) is 0 Å². The molecule has 0 saturated heterocycles. The molecule has 0 aliphatic heterocycles. The third-order valence-electron chi connectivity index (χ3n) is 3.52. The van der Waals surface area contributed by atoms with Crippen molar-refractivity contribution in [1.29, 1.82) is 0 Å². The fraction of sp³-hybridized carbons (Fsp3) is 0.333. The van der Waals surface area contributed by atoms with Crippen molar-refractivity contribution < 1.29 is 4.42 Å². The maximum Gasteiger partial charge on any atom is 0.191 e. The molecule has 0 amide bonds. The van der Waals surface area contributed by atoms with E-state index >= 15 is 0 Å². The van der Waals surface area contributed by atoms with Crippen LogP contribution in [0.4, 0.5) is 0 Å². The Bertz CT molecular complexity index is 601. The summed E-state index contributed by atoms with van der Waals surface area (Å²) in [7, 11) is 1.98. The third kappa shape index (κ3) is 2.66. The topological polar surface area (TPSA) is 67.7 Å². The Kier molecular flexibility index (Phi) is 3.41. The summed E-state index contributed by atoms with van der Waals surface area (Å²) < 4.78 is 5.47. The molecular weight excluding hydrogens is 252 g/mol. The maximum absolute atomic E-state index is 5.98. The van der Waals surface area contributed by atoms with Gasteiger partial charge < -0.3 is 15.1 Å². The smallest absolute Gasteiger partial charge is 0.191 e. The lowest BCUT2D eigenvalue weighted by Gasteiger charge is -2.16. The van der Waals surface area contributed by atoms with E-state index in [0.29, 0.717) is 18.5 Å². The van der Waals surface area contributed by atoms with Gasteiger partial charge in [-0.3, -0.25) is 0 Å². The molecule has 5 heteroatoms. The van der Waals surface area contributed by atoms with Gasteiger partial charge in [0.05, 0.1) is 6.54 Å². The lowest BCUT2D eigenvalue weighted by atomic mass is 10.1. The average Bonchev–Trinajstić information content (AvgIpc) is 3.23. The van der Waals surface area contributed by atoms with Crippen LogP contribution in [0.25, 0.3) is 11.3 Å². The highest BCUT2D eigenvalue weighted by Gasteiger charge is 2.27. The van der Waals surface area contributed by atoms with Crippen molar-refractivity contribution >= 4 is 5.96 Å². The number of nitrogens with two attached hydrogens (primary N) is 1. The van der Waals surface area contributed by atoms with Gasteiger partial charge in [-0.05, 0) is 12.8 Å². The summed E-state index contributed by atoms with van der Waals surface area (Å²) in [5.74, 6) is 1.32. The summed E-state index contributed by atoms with van der Waals surface area (Å²) >= 11 is 0. The van der Waals surface area contributed by atoms with E-state index < -0.39 is 0 Å². The van der Waals surface area contributed by atoms with Gasteiger partial charge in [-0.2, -0.15) is 0 Å². The Labute approximate surface area is 118 Å². The number of hydrogen-bond acceptors (Lipinski definition) is 3. The summed E-state index contributed by atoms with van der Waals surface area (Å²) in [5, 5.41) is 0. The second kappa shape index (κ2) is 5.36. The predicted octanol–water partition coefficient (Wildman–Crippen LogP) is 2.25. The van der Waals surface area contributed by atoms with Crippen molar-refractivity contribution in [2.75, 3.05) is 7.05 Å². The fourth-order valence-corrected chi connectivity index (χ4v) is 2.12. The van der Waals surface area contributed by atoms with Crippen LogP contribution in [0.5, 0.6) is 0 Å². The summed E-state index contributed by atoms with van der Waals surface area (Å²) in [5.41, 5.74) is 7.79. The zero-order valence-corrected chi connectivity index (χ0v) is 11.5. The minimum Gasteiger partial charge on any atom is -0.443 e. The highest BCUT2D eigenvalue weighted by molar-refractivity contribution is 5.78. The molecule has 2 N–H and O–H groups in total. The van der Waals surface area contributed by atoms with Gasteiger partial charge in [0.2, 0.25) is 0 Å². The molecule has 104 valence electrons. The molecule has 1 aromatic carbocycles. The zero-order chi connectivity index (χ0) is 13.9. The van der Waals surface area contributed by atoms with Gasteiger partial charge in [0, 0.05) is 18.7 Å². The van der Waals surface area contributed by atoms with Gasteiger partial charge in [-0.1, -0.05) is 30.3 Å². The standard InChI is InChI=1S/C15H18N4O/c1-19(12-7-8-12)15(16)17-9-13-14(20-10-18-13)11-5-3-2-4-6-11/h2-6,10,12H,7-9H2,1H3,(H2,16,17). The molecule has 1 heterocycles. The van der Waals surface area contributed by atoms with Crippen molar-refractivity contribution in [3.8, 4) is 11.3 Å². The molecule has 20 heavy (non-hydrogen) atoms. The predicted molar refractivity (Wildman–Crippen MR) is 78.1 cm³/mol. The van der Waals surface area contributed by atoms with Gasteiger partial charge >= 0.3 is 0 Å². The molecule has 3 rings (SSSR count). The molecule has 0 bridgehead atoms. The largest absolute Gasteiger partial charge is 0.443 e. The van der Waals surface area contributed by atoms with Gasteiger partial charge in [-0.25, -0.2) is 9.98 Å². The second-order valence-electron chi connectivity index (χ2n) is 5.01. The number of rotatable bonds is 4. The van der Waals surface area contributed by atoms with Crippen LogP contribution in [0.1, 0.15) is 18.5 Å². The molecule has 1 saturated carbocycles. The minimum absolute atomic E-state index is 0.434. The average molecular weight is 270 g/mol. The first-order valence-electron chi connectivity index (χ1n) is 6.76. The molecule has 0 radical (unpaired) electrons. The summed E-state index contributed by atoms with van der Waals surface area (Å²) in [6.45, 7) is 0.434. The summed E-state index contributed by atoms with van der Waals surface area (Å²) in [6.07, 6.45) is 3.85. The Morgan fingerprint density at radius 2 is 2.15 bits per heavy atom. The van der Waals surface area contributed by atoms with Crippen molar-refractivity contribution in [2.24, 2.45) is 10.7 Å². The van der Waals surface area contributed by atoms with Crippen LogP contribution < -0.4 is 5.73 Å². The van der Waals surface area contributed by atoms with E-state index in [1.807, 2.05) is 42.3 Å². The number of guanidine groups is 1. The maximum atomic E-state index is 5.98. The molecule has 0 atom stereocenters. The van der Waals surface area contributed by atoms with Crippen LogP contribution in [-0.4, -0.2) is 28.9 Å². The SMILES string of the molecule is CN(C(N)=NCc1ncoc1-c1ccccc1)C1CC1. The van der Waals surface area contributed by atoms with Crippen LogP contribution in [0, 0.1) is 0 Å². The first-order valence-corrected chi connectivity index (χ1v) is 6.76. The quantitative estimate of drug-likeness (QED) is 0.683. The molecule has 1 aliphatic carbocycles. The Morgan fingerprint density at radius 3 is 2.85 bits per heavy atom. The van der Waals surface area contributed by atoms with Gasteiger partial charge in [-0.15, -0.1) is 0 Å². The first-order chi connectivity index (χ1) is 9.75. The zero-order valence-electron chi connectivity index (χ0n) is 11.5. The van der Waals surface area contributed by atoms with E-state index in [2.05, 4.69) is 9.98 Å². The molecular formula is C15H18N4O. The summed E-state index contributed by atoms with van der Waals surface area (Å²) in [4.78, 5) is 10.7. The molecule has 1 aromatic heterocycles. The van der Waals surface area contributed by atoms with Gasteiger partial charge in [0.1, 0.15) is 5.69 Å². The van der Waals surface area contributed by atoms with E-state index in [0.717, 1.165) is 17.0 Å². The van der Waals surface area contributed by atoms with Crippen LogP contribution in [0.2, 0.25) is 0 Å². The lowest BCUT2D eigenvalue weighted by molar-refractivity contribution is 0.487. The van der Waals surface area contributed by atoms with E-state index in [9.17, 15) is 0 Å². The fourth-order valence-electron chi connectivity index (χ4n) is 2.12. The number of oxazole rings is 1. The Balaban J connectivity index is 1.75. The van der Waals surface area contributed by atoms with E-state index in [1.165, 1.54) is 19.2 Å². The second-order valence-corrected chi connectivity index (χ2v) is 5.01. The van der Waals surface area contributed by atoms with Crippen molar-refractivity contribution in [1.82, 2.24) is 9.88 Å². The highest BCUT2D eigenvalue weighted by atomic mass is 16.3. The van der Waals surface area contributed by atoms with Crippen LogP contribution in [0.15, 0.2) is 46.1 Å². The van der Waals surface area contributed by atoms with Crippen molar-refractivity contribution in [3.05, 3.63) is 42.4 Å². The van der Waals surface area contributed by atoms with Crippen LogP contribution in [0.3, 0.4) is 0 Å². The molecule has 1 aliphatic rings. The number of aromatic nitrogens is 1. The van der Waals surface area contributed by atoms with E-state index in [1.54, 1.807) is 0 Å². The molecule has 2 aromatic rings. The van der Waals surface area contributed by atoms with Crippen LogP contribution in [-0.2, 0) is 6.54 Å². The lowest BCUT2D eigenvalue weighted by Crippen LogP contribution is -2.35. The molecule has 0 spiro atoms. The third-order valence-corrected chi connectivity index (χ3v) is 3.52. The molecule has 0 unspecified atom stereocenters.